The quantitative estimate of drug-likeness (QED) is 0.898. The number of aromatic nitrogens is 2. The monoisotopic (exact) mass is 265 g/mol. The van der Waals surface area contributed by atoms with Crippen LogP contribution >= 0.6 is 11.6 Å². The summed E-state index contributed by atoms with van der Waals surface area (Å²) in [5.41, 5.74) is 8.00. The second-order valence-corrected chi connectivity index (χ2v) is 5.01. The average Bonchev–Trinajstić information content (AvgIpc) is 2.73. The van der Waals surface area contributed by atoms with Crippen LogP contribution in [-0.4, -0.2) is 16.1 Å². The molecule has 0 spiro atoms. The molecule has 2 rings (SSSR count). The van der Waals surface area contributed by atoms with E-state index in [1.807, 2.05) is 18.2 Å². The number of benzene rings is 1. The van der Waals surface area contributed by atoms with Crippen LogP contribution in [0.3, 0.4) is 0 Å². The molecule has 0 aliphatic rings. The lowest BCUT2D eigenvalue weighted by atomic mass is 10.0. The van der Waals surface area contributed by atoms with Gasteiger partial charge in [0, 0.05) is 24.0 Å². The highest BCUT2D eigenvalue weighted by Crippen LogP contribution is 2.26. The van der Waals surface area contributed by atoms with E-state index in [1.54, 1.807) is 0 Å². The van der Waals surface area contributed by atoms with Crippen LogP contribution < -0.4 is 5.73 Å². The molecule has 0 saturated carbocycles. The van der Waals surface area contributed by atoms with Gasteiger partial charge < -0.3 is 10.3 Å². The van der Waals surface area contributed by atoms with Crippen molar-refractivity contribution >= 4 is 22.6 Å². The second kappa shape index (κ2) is 5.72. The van der Waals surface area contributed by atoms with Crippen molar-refractivity contribution in [2.45, 2.75) is 39.2 Å². The highest BCUT2D eigenvalue weighted by Gasteiger charge is 2.17. The van der Waals surface area contributed by atoms with Crippen LogP contribution in [0.2, 0.25) is 5.02 Å². The fraction of sp³-hybridized carbons (Fsp3) is 0.500. The van der Waals surface area contributed by atoms with Crippen molar-refractivity contribution < 1.29 is 0 Å². The van der Waals surface area contributed by atoms with Crippen LogP contribution in [0.5, 0.6) is 0 Å². The summed E-state index contributed by atoms with van der Waals surface area (Å²) < 4.78 is 2.23. The van der Waals surface area contributed by atoms with E-state index >= 15 is 0 Å². The Morgan fingerprint density at radius 2 is 2.17 bits per heavy atom. The molecule has 2 N–H and O–H groups in total. The number of nitrogens with zero attached hydrogens (tertiary/aromatic N) is 2. The van der Waals surface area contributed by atoms with Crippen molar-refractivity contribution in [2.75, 3.05) is 6.54 Å². The summed E-state index contributed by atoms with van der Waals surface area (Å²) in [6.45, 7) is 5.85. The first-order chi connectivity index (χ1) is 8.71. The first-order valence-electron chi connectivity index (χ1n) is 6.57. The van der Waals surface area contributed by atoms with Gasteiger partial charge in [-0.2, -0.15) is 0 Å². The number of imidazole rings is 1. The van der Waals surface area contributed by atoms with E-state index in [-0.39, 0.29) is 0 Å². The molecule has 0 aliphatic carbocycles. The first kappa shape index (κ1) is 13.4. The minimum Gasteiger partial charge on any atom is -0.330 e. The average molecular weight is 266 g/mol. The Morgan fingerprint density at radius 1 is 1.39 bits per heavy atom. The highest BCUT2D eigenvalue weighted by molar-refractivity contribution is 6.31. The molecule has 98 valence electrons. The van der Waals surface area contributed by atoms with Gasteiger partial charge in [-0.05, 0) is 31.5 Å². The van der Waals surface area contributed by atoms with Crippen LogP contribution in [0.4, 0.5) is 0 Å². The molecule has 1 aromatic carbocycles. The number of aryl methyl sites for hydroxylation is 1. The summed E-state index contributed by atoms with van der Waals surface area (Å²) in [5.74, 6) is 1.43. The smallest absolute Gasteiger partial charge is 0.114 e. The molecule has 0 radical (unpaired) electrons. The molecule has 1 atom stereocenters. The Labute approximate surface area is 113 Å². The van der Waals surface area contributed by atoms with Gasteiger partial charge in [0.2, 0.25) is 0 Å². The molecule has 18 heavy (non-hydrogen) atoms. The normalized spacial score (nSPS) is 13.1. The molecule has 4 heteroatoms. The van der Waals surface area contributed by atoms with Crippen molar-refractivity contribution in [3.8, 4) is 0 Å². The maximum atomic E-state index is 6.07. The van der Waals surface area contributed by atoms with Gasteiger partial charge in [-0.1, -0.05) is 24.9 Å². The van der Waals surface area contributed by atoms with Crippen LogP contribution in [0.25, 0.3) is 11.0 Å². The molecule has 1 aromatic heterocycles. The summed E-state index contributed by atoms with van der Waals surface area (Å²) in [6, 6.07) is 5.85. The molecule has 0 fully saturated rings. The first-order valence-corrected chi connectivity index (χ1v) is 6.94. The molecule has 2 aromatic rings. The molecular weight excluding hydrogens is 246 g/mol. The van der Waals surface area contributed by atoms with Crippen molar-refractivity contribution in [2.24, 2.45) is 5.73 Å². The minimum absolute atomic E-state index is 0.334. The van der Waals surface area contributed by atoms with Crippen molar-refractivity contribution in [1.29, 1.82) is 0 Å². The van der Waals surface area contributed by atoms with Crippen molar-refractivity contribution in [3.63, 3.8) is 0 Å². The van der Waals surface area contributed by atoms with Gasteiger partial charge in [0.05, 0.1) is 11.0 Å². The molecule has 3 nitrogen and oxygen atoms in total. The number of halogens is 1. The highest BCUT2D eigenvalue weighted by atomic mass is 35.5. The summed E-state index contributed by atoms with van der Waals surface area (Å²) in [4.78, 5) is 4.74. The molecule has 0 saturated heterocycles. The number of rotatable bonds is 5. The zero-order valence-corrected chi connectivity index (χ0v) is 11.7. The minimum atomic E-state index is 0.334. The van der Waals surface area contributed by atoms with E-state index in [2.05, 4.69) is 18.4 Å². The zero-order valence-electron chi connectivity index (χ0n) is 11.0. The van der Waals surface area contributed by atoms with Gasteiger partial charge in [-0.3, -0.25) is 0 Å². The number of hydrogen-bond acceptors (Lipinski definition) is 2. The van der Waals surface area contributed by atoms with Gasteiger partial charge in [-0.25, -0.2) is 4.98 Å². The van der Waals surface area contributed by atoms with Gasteiger partial charge in [0.1, 0.15) is 5.82 Å². The SMILES string of the molecule is CCCC(CN)c1nc2ccc(Cl)cc2n1CC. The maximum absolute atomic E-state index is 6.07. The van der Waals surface area contributed by atoms with E-state index in [1.165, 1.54) is 0 Å². The fourth-order valence-corrected chi connectivity index (χ4v) is 2.63. The Morgan fingerprint density at radius 3 is 2.78 bits per heavy atom. The van der Waals surface area contributed by atoms with Crippen LogP contribution in [0, 0.1) is 0 Å². The van der Waals surface area contributed by atoms with Gasteiger partial charge in [0.25, 0.3) is 0 Å². The molecule has 0 aliphatic heterocycles. The lowest BCUT2D eigenvalue weighted by Gasteiger charge is -2.15. The van der Waals surface area contributed by atoms with Crippen molar-refractivity contribution in [3.05, 3.63) is 29.0 Å². The number of hydrogen-bond donors (Lipinski definition) is 1. The Hall–Kier alpha value is -1.06. The standard InChI is InChI=1S/C14H20ClN3/c1-3-5-10(9-16)14-17-12-7-6-11(15)8-13(12)18(14)4-2/h6-8,10H,3-5,9,16H2,1-2H3. The van der Waals surface area contributed by atoms with E-state index in [4.69, 9.17) is 22.3 Å². The molecular formula is C14H20ClN3. The molecule has 0 bridgehead atoms. The van der Waals surface area contributed by atoms with Crippen LogP contribution in [0.1, 0.15) is 38.4 Å². The molecule has 1 unspecified atom stereocenters. The van der Waals surface area contributed by atoms with E-state index in [0.717, 1.165) is 41.3 Å². The Balaban J connectivity index is 2.56. The summed E-state index contributed by atoms with van der Waals surface area (Å²) in [5, 5.41) is 0.753. The van der Waals surface area contributed by atoms with E-state index < -0.39 is 0 Å². The largest absolute Gasteiger partial charge is 0.330 e. The third kappa shape index (κ3) is 2.38. The Kier molecular flexibility index (Phi) is 4.25. The summed E-state index contributed by atoms with van der Waals surface area (Å²) in [7, 11) is 0. The van der Waals surface area contributed by atoms with E-state index in [9.17, 15) is 0 Å². The number of fused-ring (bicyclic) bond motifs is 1. The van der Waals surface area contributed by atoms with Gasteiger partial charge in [0.15, 0.2) is 0 Å². The second-order valence-electron chi connectivity index (χ2n) is 4.57. The molecule has 1 heterocycles. The van der Waals surface area contributed by atoms with Gasteiger partial charge in [-0.15, -0.1) is 0 Å². The summed E-state index contributed by atoms with van der Waals surface area (Å²) >= 11 is 6.07. The predicted molar refractivity (Wildman–Crippen MR) is 77.1 cm³/mol. The fourth-order valence-electron chi connectivity index (χ4n) is 2.46. The van der Waals surface area contributed by atoms with E-state index in [0.29, 0.717) is 12.5 Å². The third-order valence-corrected chi connectivity index (χ3v) is 3.58. The lowest BCUT2D eigenvalue weighted by molar-refractivity contribution is 0.557. The maximum Gasteiger partial charge on any atom is 0.114 e. The number of nitrogens with two attached hydrogens (primary N) is 1. The van der Waals surface area contributed by atoms with Crippen LogP contribution in [-0.2, 0) is 6.54 Å². The zero-order chi connectivity index (χ0) is 13.1. The topological polar surface area (TPSA) is 43.8 Å². The predicted octanol–water partition coefficient (Wildman–Crippen LogP) is 3.55. The van der Waals surface area contributed by atoms with Crippen LogP contribution in [0.15, 0.2) is 18.2 Å². The van der Waals surface area contributed by atoms with Crippen molar-refractivity contribution in [1.82, 2.24) is 9.55 Å². The third-order valence-electron chi connectivity index (χ3n) is 3.34. The van der Waals surface area contributed by atoms with Gasteiger partial charge >= 0.3 is 0 Å². The molecule has 0 amide bonds. The Bertz CT molecular complexity index is 533. The summed E-state index contributed by atoms with van der Waals surface area (Å²) in [6.07, 6.45) is 2.20. The lowest BCUT2D eigenvalue weighted by Crippen LogP contribution is -2.17.